The zero-order chi connectivity index (χ0) is 20.4. The molecule has 3 rings (SSSR count). The summed E-state index contributed by atoms with van der Waals surface area (Å²) < 4.78 is 6.10. The predicted octanol–water partition coefficient (Wildman–Crippen LogP) is 6.36. The van der Waals surface area contributed by atoms with Crippen LogP contribution >= 0.6 is 0 Å². The van der Waals surface area contributed by atoms with Crippen molar-refractivity contribution in [3.05, 3.63) is 29.8 Å². The summed E-state index contributed by atoms with van der Waals surface area (Å²) in [5, 5.41) is 2.35. The van der Waals surface area contributed by atoms with Gasteiger partial charge in [-0.3, -0.25) is 4.84 Å². The Morgan fingerprint density at radius 1 is 1.00 bits per heavy atom. The molecule has 1 saturated carbocycles. The molecule has 1 heterocycles. The number of para-hydroxylation sites is 1. The second-order valence-corrected chi connectivity index (χ2v) is 8.83. The molecule has 0 aromatic heterocycles. The molecule has 4 atom stereocenters. The van der Waals surface area contributed by atoms with Crippen molar-refractivity contribution in [1.29, 1.82) is 0 Å². The molecule has 0 N–H and O–H groups in total. The van der Waals surface area contributed by atoms with Gasteiger partial charge in [0.05, 0.1) is 12.2 Å². The van der Waals surface area contributed by atoms with Gasteiger partial charge in [0, 0.05) is 24.1 Å². The summed E-state index contributed by atoms with van der Waals surface area (Å²) in [5.41, 5.74) is 1.58. The summed E-state index contributed by atoms with van der Waals surface area (Å²) in [5.74, 6) is 2.33. The fourth-order valence-electron chi connectivity index (χ4n) is 6.32. The molecular weight excluding hydrogens is 346 g/mol. The fourth-order valence-corrected chi connectivity index (χ4v) is 6.32. The number of ether oxygens (including phenoxy) is 1. The summed E-state index contributed by atoms with van der Waals surface area (Å²) in [4.78, 5) is 6.73. The summed E-state index contributed by atoms with van der Waals surface area (Å²) >= 11 is 0. The van der Waals surface area contributed by atoms with Crippen LogP contribution < -0.4 is 4.74 Å². The van der Waals surface area contributed by atoms with Gasteiger partial charge < -0.3 is 4.74 Å². The maximum atomic E-state index is 6.73. The minimum Gasteiger partial charge on any atom is -0.494 e. The highest BCUT2D eigenvalue weighted by Crippen LogP contribution is 2.58. The number of hydrogen-bond acceptors (Lipinski definition) is 3. The molecule has 1 saturated heterocycles. The Balaban J connectivity index is 2.09. The molecular formula is C25H41NO2. The van der Waals surface area contributed by atoms with Crippen LogP contribution in [-0.2, 0) is 10.3 Å². The molecule has 0 bridgehead atoms. The summed E-state index contributed by atoms with van der Waals surface area (Å²) in [6.45, 7) is 15.4. The summed E-state index contributed by atoms with van der Waals surface area (Å²) in [7, 11) is 0. The average molecular weight is 388 g/mol. The Kier molecular flexibility index (Phi) is 6.76. The summed E-state index contributed by atoms with van der Waals surface area (Å²) in [6, 6.07) is 9.35. The van der Waals surface area contributed by atoms with Crippen LogP contribution in [0.2, 0.25) is 0 Å². The highest BCUT2D eigenvalue weighted by molar-refractivity contribution is 5.41. The van der Waals surface area contributed by atoms with Crippen molar-refractivity contribution >= 4 is 0 Å². The van der Waals surface area contributed by atoms with Crippen LogP contribution in [0, 0.1) is 11.8 Å². The maximum absolute atomic E-state index is 6.73. The van der Waals surface area contributed by atoms with Crippen LogP contribution in [0.25, 0.3) is 0 Å². The van der Waals surface area contributed by atoms with E-state index in [1.165, 1.54) is 24.8 Å². The number of hydroxylamine groups is 2. The highest BCUT2D eigenvalue weighted by atomic mass is 16.7. The van der Waals surface area contributed by atoms with Crippen molar-refractivity contribution in [3.63, 3.8) is 0 Å². The number of hydrogen-bond donors (Lipinski definition) is 0. The zero-order valence-corrected chi connectivity index (χ0v) is 19.0. The van der Waals surface area contributed by atoms with E-state index in [-0.39, 0.29) is 11.0 Å². The molecule has 28 heavy (non-hydrogen) atoms. The molecule has 1 aromatic rings. The molecule has 3 heteroatoms. The lowest BCUT2D eigenvalue weighted by Gasteiger charge is -2.50. The van der Waals surface area contributed by atoms with Crippen molar-refractivity contribution in [1.82, 2.24) is 5.06 Å². The van der Waals surface area contributed by atoms with Crippen LogP contribution in [-0.4, -0.2) is 29.9 Å². The van der Waals surface area contributed by atoms with Gasteiger partial charge in [-0.2, -0.15) is 5.06 Å². The first kappa shape index (κ1) is 21.6. The van der Waals surface area contributed by atoms with E-state index in [0.717, 1.165) is 38.2 Å². The topological polar surface area (TPSA) is 21.7 Å². The Hall–Kier alpha value is -1.06. The number of fused-ring (bicyclic) bond motifs is 1. The van der Waals surface area contributed by atoms with Gasteiger partial charge in [-0.15, -0.1) is 0 Å². The Labute approximate surface area is 172 Å². The number of rotatable bonds is 8. The van der Waals surface area contributed by atoms with Gasteiger partial charge in [0.25, 0.3) is 0 Å². The first-order chi connectivity index (χ1) is 13.5. The third-order valence-corrected chi connectivity index (χ3v) is 7.93. The molecule has 2 aliphatic rings. The maximum Gasteiger partial charge on any atom is 0.123 e. The van der Waals surface area contributed by atoms with E-state index in [1.54, 1.807) is 0 Å². The van der Waals surface area contributed by atoms with E-state index in [2.05, 4.69) is 70.9 Å². The van der Waals surface area contributed by atoms with Crippen molar-refractivity contribution < 1.29 is 9.57 Å². The third kappa shape index (κ3) is 3.39. The van der Waals surface area contributed by atoms with E-state index >= 15 is 0 Å². The average Bonchev–Trinajstić information content (AvgIpc) is 3.07. The van der Waals surface area contributed by atoms with Crippen molar-refractivity contribution in [2.75, 3.05) is 13.2 Å². The van der Waals surface area contributed by atoms with Gasteiger partial charge in [-0.1, -0.05) is 59.2 Å². The zero-order valence-electron chi connectivity index (χ0n) is 19.0. The Morgan fingerprint density at radius 2 is 1.71 bits per heavy atom. The van der Waals surface area contributed by atoms with E-state index in [4.69, 9.17) is 9.57 Å². The van der Waals surface area contributed by atoms with Gasteiger partial charge >= 0.3 is 0 Å². The minimum absolute atomic E-state index is 0.0184. The van der Waals surface area contributed by atoms with Gasteiger partial charge in [0.15, 0.2) is 0 Å². The van der Waals surface area contributed by atoms with Gasteiger partial charge in [0.1, 0.15) is 5.75 Å². The largest absolute Gasteiger partial charge is 0.494 e. The quantitative estimate of drug-likeness (QED) is 0.518. The van der Waals surface area contributed by atoms with Crippen molar-refractivity contribution in [3.8, 4) is 5.75 Å². The van der Waals surface area contributed by atoms with Gasteiger partial charge in [-0.05, 0) is 56.4 Å². The first-order valence-electron chi connectivity index (χ1n) is 11.7. The molecule has 1 aromatic carbocycles. The highest BCUT2D eigenvalue weighted by Gasteiger charge is 2.59. The van der Waals surface area contributed by atoms with Crippen LogP contribution in [0.4, 0.5) is 0 Å². The molecule has 0 spiro atoms. The van der Waals surface area contributed by atoms with E-state index in [0.29, 0.717) is 17.9 Å². The lowest BCUT2D eigenvalue weighted by Crippen LogP contribution is -2.51. The molecule has 158 valence electrons. The van der Waals surface area contributed by atoms with Crippen LogP contribution in [0.1, 0.15) is 85.6 Å². The van der Waals surface area contributed by atoms with Crippen LogP contribution in [0.5, 0.6) is 5.75 Å². The van der Waals surface area contributed by atoms with Crippen LogP contribution in [0.15, 0.2) is 24.3 Å². The van der Waals surface area contributed by atoms with Gasteiger partial charge in [-0.25, -0.2) is 0 Å². The molecule has 1 aliphatic heterocycles. The lowest BCUT2D eigenvalue weighted by atomic mass is 9.55. The second-order valence-electron chi connectivity index (χ2n) is 8.83. The van der Waals surface area contributed by atoms with E-state index in [9.17, 15) is 0 Å². The fraction of sp³-hybridized carbons (Fsp3) is 0.760. The van der Waals surface area contributed by atoms with E-state index < -0.39 is 0 Å². The SMILES string of the molecule is CCOc1ccccc1[C@]1(CC)C[C@H](CC)[C@@H]2[C@@H](C1)C(CC)(CC)ON2CC. The minimum atomic E-state index is -0.0184. The molecule has 2 fully saturated rings. The smallest absolute Gasteiger partial charge is 0.123 e. The second kappa shape index (κ2) is 8.75. The van der Waals surface area contributed by atoms with Crippen LogP contribution in [0.3, 0.4) is 0 Å². The normalized spacial score (nSPS) is 32.3. The monoisotopic (exact) mass is 387 g/mol. The summed E-state index contributed by atoms with van der Waals surface area (Å²) in [6.07, 6.45) is 6.98. The molecule has 0 unspecified atom stereocenters. The Bertz CT molecular complexity index is 641. The van der Waals surface area contributed by atoms with Gasteiger partial charge in [0.2, 0.25) is 0 Å². The number of benzene rings is 1. The molecule has 0 amide bonds. The Morgan fingerprint density at radius 3 is 2.29 bits per heavy atom. The van der Waals surface area contributed by atoms with Crippen molar-refractivity contribution in [2.24, 2.45) is 11.8 Å². The standard InChI is InChI=1S/C25H41NO2/c1-7-19-17-24(8-2,20-15-13-14-16-22(20)27-12-6)18-21-23(19)26(11-5)28-25(21,9-3)10-4/h13-16,19,21,23H,7-12,17-18H2,1-6H3/t19-,21+,23+,24+/m0/s1. The molecule has 3 nitrogen and oxygen atoms in total. The first-order valence-corrected chi connectivity index (χ1v) is 11.7. The predicted molar refractivity (Wildman–Crippen MR) is 117 cm³/mol. The number of nitrogens with zero attached hydrogens (tertiary/aromatic N) is 1. The van der Waals surface area contributed by atoms with Crippen molar-refractivity contribution in [2.45, 2.75) is 97.1 Å². The molecule has 0 radical (unpaired) electrons. The van der Waals surface area contributed by atoms with E-state index in [1.807, 2.05) is 0 Å². The molecule has 1 aliphatic carbocycles. The third-order valence-electron chi connectivity index (χ3n) is 7.93. The lowest BCUT2D eigenvalue weighted by molar-refractivity contribution is -0.210.